The maximum atomic E-state index is 12.5. The Morgan fingerprint density at radius 3 is 2.06 bits per heavy atom. The van der Waals surface area contributed by atoms with Crippen molar-refractivity contribution in [3.8, 4) is 0 Å². The third kappa shape index (κ3) is 5.72. The van der Waals surface area contributed by atoms with Crippen molar-refractivity contribution in [2.24, 2.45) is 11.8 Å². The van der Waals surface area contributed by atoms with E-state index in [1.165, 1.54) is 0 Å². The second-order valence-electron chi connectivity index (χ2n) is 7.15. The average molecular weight is 624 g/mol. The van der Waals surface area contributed by atoms with E-state index in [-0.39, 0.29) is 9.65 Å². The molecule has 1 aromatic rings. The number of imide groups is 1. The molecule has 2 N–H and O–H groups in total. The molecular weight excluding hydrogens is 606 g/mol. The van der Waals surface area contributed by atoms with Gasteiger partial charge in [0.1, 0.15) is 6.54 Å². The van der Waals surface area contributed by atoms with E-state index in [1.54, 1.807) is 24.3 Å². The minimum Gasteiger partial charge on any atom is -0.454 e. The number of carbonyl (C=O) groups excluding carboxylic acids is 5. The third-order valence-electron chi connectivity index (χ3n) is 5.08. The lowest BCUT2D eigenvalue weighted by Crippen LogP contribution is -2.44. The summed E-state index contributed by atoms with van der Waals surface area (Å²) in [6, 6.07) is 6.46. The molecule has 4 atom stereocenters. The van der Waals surface area contributed by atoms with Crippen LogP contribution in [0.25, 0.3) is 0 Å². The van der Waals surface area contributed by atoms with Crippen molar-refractivity contribution in [1.82, 2.24) is 15.8 Å². The van der Waals surface area contributed by atoms with Gasteiger partial charge in [-0.25, -0.2) is 0 Å². The van der Waals surface area contributed by atoms with Gasteiger partial charge in [0.15, 0.2) is 6.61 Å². The second kappa shape index (κ2) is 10.2. The van der Waals surface area contributed by atoms with Gasteiger partial charge in [0.25, 0.3) is 11.8 Å². The monoisotopic (exact) mass is 621 g/mol. The summed E-state index contributed by atoms with van der Waals surface area (Å²) in [5.74, 6) is -3.93. The molecule has 12 heteroatoms. The third-order valence-corrected chi connectivity index (χ3v) is 8.34. The molecule has 0 radical (unpaired) electrons. The van der Waals surface area contributed by atoms with Crippen molar-refractivity contribution in [2.75, 3.05) is 13.2 Å². The first kappa shape index (κ1) is 23.9. The molecule has 1 saturated heterocycles. The standard InChI is InChI=1S/C19H18Br3N3O6/c20-10-3-1-9(2-4-10)17(28)24-23-15(26)8-31-16(27)7-25-18(29)11-5-13(21)14(22)6-12(11)19(25)30/h1-4,11-14H,5-8H2,(H,23,26)(H,24,28)/t11-,12+,13+,14-. The number of alkyl halides is 2. The number of nitrogens with zero attached hydrogens (tertiary/aromatic N) is 1. The summed E-state index contributed by atoms with van der Waals surface area (Å²) in [6.45, 7) is -1.22. The molecular formula is C19H18Br3N3O6. The van der Waals surface area contributed by atoms with E-state index < -0.39 is 54.6 Å². The highest BCUT2D eigenvalue weighted by Crippen LogP contribution is 2.43. The number of hydrogen-bond donors (Lipinski definition) is 2. The Labute approximate surface area is 203 Å². The van der Waals surface area contributed by atoms with Crippen LogP contribution in [0.5, 0.6) is 0 Å². The van der Waals surface area contributed by atoms with E-state index in [0.29, 0.717) is 18.4 Å². The minimum absolute atomic E-state index is 0.0636. The van der Waals surface area contributed by atoms with Crippen LogP contribution in [-0.2, 0) is 23.9 Å². The molecule has 0 aromatic heterocycles. The number of fused-ring (bicyclic) bond motifs is 1. The van der Waals surface area contributed by atoms with Crippen molar-refractivity contribution in [3.05, 3.63) is 34.3 Å². The first-order chi connectivity index (χ1) is 14.7. The van der Waals surface area contributed by atoms with E-state index >= 15 is 0 Å². The highest BCUT2D eigenvalue weighted by atomic mass is 79.9. The summed E-state index contributed by atoms with van der Waals surface area (Å²) >= 11 is 10.2. The number of nitrogens with one attached hydrogen (secondary N) is 2. The lowest BCUT2D eigenvalue weighted by atomic mass is 9.81. The summed E-state index contributed by atoms with van der Waals surface area (Å²) < 4.78 is 5.64. The van der Waals surface area contributed by atoms with Crippen LogP contribution in [0.1, 0.15) is 23.2 Å². The van der Waals surface area contributed by atoms with Crippen molar-refractivity contribution >= 4 is 77.4 Å². The summed E-state index contributed by atoms with van der Waals surface area (Å²) in [7, 11) is 0. The van der Waals surface area contributed by atoms with Gasteiger partial charge in [-0.2, -0.15) is 0 Å². The molecule has 1 saturated carbocycles. The summed E-state index contributed by atoms with van der Waals surface area (Å²) in [6.07, 6.45) is 0.994. The number of halogens is 3. The van der Waals surface area contributed by atoms with Gasteiger partial charge in [-0.05, 0) is 37.1 Å². The molecule has 31 heavy (non-hydrogen) atoms. The Kier molecular flexibility index (Phi) is 7.87. The number of hydrazine groups is 1. The molecule has 9 nitrogen and oxygen atoms in total. The van der Waals surface area contributed by atoms with E-state index in [1.807, 2.05) is 0 Å². The van der Waals surface area contributed by atoms with Crippen LogP contribution in [0, 0.1) is 11.8 Å². The zero-order chi connectivity index (χ0) is 22.7. The molecule has 4 amide bonds. The molecule has 2 fully saturated rings. The number of hydrogen-bond acceptors (Lipinski definition) is 6. The summed E-state index contributed by atoms with van der Waals surface area (Å²) in [5, 5.41) is 0. The van der Waals surface area contributed by atoms with Crippen LogP contribution < -0.4 is 10.9 Å². The highest BCUT2D eigenvalue weighted by molar-refractivity contribution is 9.12. The Morgan fingerprint density at radius 1 is 0.968 bits per heavy atom. The van der Waals surface area contributed by atoms with Gasteiger partial charge in [0.2, 0.25) is 11.8 Å². The quantitative estimate of drug-likeness (QED) is 0.223. The topological polar surface area (TPSA) is 122 Å². The molecule has 0 bridgehead atoms. The van der Waals surface area contributed by atoms with Gasteiger partial charge >= 0.3 is 5.97 Å². The van der Waals surface area contributed by atoms with E-state index in [2.05, 4.69) is 58.6 Å². The molecule has 0 unspecified atom stereocenters. The fourth-order valence-electron chi connectivity index (χ4n) is 3.48. The van der Waals surface area contributed by atoms with Crippen LogP contribution in [0.3, 0.4) is 0 Å². The van der Waals surface area contributed by atoms with E-state index in [4.69, 9.17) is 4.74 Å². The van der Waals surface area contributed by atoms with Crippen LogP contribution in [0.15, 0.2) is 28.7 Å². The smallest absolute Gasteiger partial charge is 0.326 e. The number of ether oxygens (including phenoxy) is 1. The van der Waals surface area contributed by atoms with Crippen LogP contribution in [0.4, 0.5) is 0 Å². The van der Waals surface area contributed by atoms with Gasteiger partial charge in [-0.15, -0.1) is 0 Å². The van der Waals surface area contributed by atoms with Gasteiger partial charge in [-0.3, -0.25) is 39.7 Å². The zero-order valence-corrected chi connectivity index (χ0v) is 20.7. The Morgan fingerprint density at radius 2 is 1.52 bits per heavy atom. The number of carbonyl (C=O) groups is 5. The Hall–Kier alpha value is -1.79. The SMILES string of the molecule is O=C(COC(=O)CN1C(=O)[C@H]2C[C@@H](Br)[C@@H](Br)C[C@H]2C1=O)NNC(=O)c1ccc(Br)cc1. The highest BCUT2D eigenvalue weighted by Gasteiger charge is 2.52. The van der Waals surface area contributed by atoms with Gasteiger partial charge < -0.3 is 4.74 Å². The number of amides is 4. The first-order valence-corrected chi connectivity index (χ1v) is 11.9. The van der Waals surface area contributed by atoms with Crippen LogP contribution in [0.2, 0.25) is 0 Å². The predicted molar refractivity (Wildman–Crippen MR) is 119 cm³/mol. The number of likely N-dealkylation sites (tertiary alicyclic amines) is 1. The van der Waals surface area contributed by atoms with Crippen LogP contribution >= 0.6 is 47.8 Å². The molecule has 1 aliphatic carbocycles. The fraction of sp³-hybridized carbons (Fsp3) is 0.421. The summed E-state index contributed by atoms with van der Waals surface area (Å²) in [5.41, 5.74) is 4.65. The second-order valence-corrected chi connectivity index (χ2v) is 10.4. The maximum Gasteiger partial charge on any atom is 0.326 e. The molecule has 3 rings (SSSR count). The normalized spacial score (nSPS) is 25.1. The van der Waals surface area contributed by atoms with Gasteiger partial charge in [-0.1, -0.05) is 47.8 Å². The molecule has 1 heterocycles. The number of esters is 1. The van der Waals surface area contributed by atoms with Gasteiger partial charge in [0.05, 0.1) is 11.8 Å². The molecule has 1 aliphatic heterocycles. The van der Waals surface area contributed by atoms with Crippen molar-refractivity contribution in [3.63, 3.8) is 0 Å². The minimum atomic E-state index is -0.888. The van der Waals surface area contributed by atoms with Gasteiger partial charge in [0, 0.05) is 19.7 Å². The lowest BCUT2D eigenvalue weighted by Gasteiger charge is -2.29. The number of benzene rings is 1. The number of rotatable bonds is 5. The Bertz CT molecular complexity index is 882. The van der Waals surface area contributed by atoms with E-state index in [0.717, 1.165) is 9.37 Å². The molecule has 0 spiro atoms. The fourth-order valence-corrected chi connectivity index (χ4v) is 4.98. The van der Waals surface area contributed by atoms with E-state index in [9.17, 15) is 24.0 Å². The van der Waals surface area contributed by atoms with Crippen molar-refractivity contribution in [2.45, 2.75) is 22.5 Å². The molecule has 2 aliphatic rings. The summed E-state index contributed by atoms with van der Waals surface area (Å²) in [4.78, 5) is 61.9. The molecule has 166 valence electrons. The molecule has 1 aromatic carbocycles. The Balaban J connectivity index is 1.44. The zero-order valence-electron chi connectivity index (χ0n) is 16.0. The van der Waals surface area contributed by atoms with Crippen molar-refractivity contribution < 1.29 is 28.7 Å². The first-order valence-electron chi connectivity index (χ1n) is 9.31. The predicted octanol–water partition coefficient (Wildman–Crippen LogP) is 1.68. The lowest BCUT2D eigenvalue weighted by molar-refractivity contribution is -0.155. The largest absolute Gasteiger partial charge is 0.454 e. The maximum absolute atomic E-state index is 12.5. The average Bonchev–Trinajstić information content (AvgIpc) is 2.95. The van der Waals surface area contributed by atoms with Crippen LogP contribution in [-0.4, -0.2) is 57.3 Å². The van der Waals surface area contributed by atoms with Crippen molar-refractivity contribution in [1.29, 1.82) is 0 Å².